The van der Waals surface area contributed by atoms with Crippen LogP contribution in [0, 0.1) is 13.8 Å². The van der Waals surface area contributed by atoms with Gasteiger partial charge in [0.15, 0.2) is 10.7 Å². The maximum absolute atomic E-state index is 12.6. The Kier molecular flexibility index (Phi) is 4.71. The molecule has 0 fully saturated rings. The first-order valence-corrected chi connectivity index (χ1v) is 9.08. The zero-order valence-corrected chi connectivity index (χ0v) is 16.1. The Bertz CT molecular complexity index is 932. The van der Waals surface area contributed by atoms with Crippen molar-refractivity contribution < 1.29 is 9.53 Å². The van der Waals surface area contributed by atoms with Crippen LogP contribution in [0.5, 0.6) is 5.75 Å². The van der Waals surface area contributed by atoms with Gasteiger partial charge in [-0.3, -0.25) is 10.1 Å². The van der Waals surface area contributed by atoms with Gasteiger partial charge in [-0.25, -0.2) is 4.98 Å². The van der Waals surface area contributed by atoms with Crippen molar-refractivity contribution in [2.24, 2.45) is 0 Å². The lowest BCUT2D eigenvalue weighted by Crippen LogP contribution is -2.42. The highest BCUT2D eigenvalue weighted by molar-refractivity contribution is 7.22. The molecule has 0 atom stereocenters. The number of carbonyl (C=O) groups is 1. The van der Waals surface area contributed by atoms with Gasteiger partial charge in [-0.05, 0) is 69.2 Å². The van der Waals surface area contributed by atoms with E-state index in [9.17, 15) is 4.79 Å². The van der Waals surface area contributed by atoms with Gasteiger partial charge in [0.2, 0.25) is 0 Å². The molecule has 0 spiro atoms. The molecule has 1 heterocycles. The summed E-state index contributed by atoms with van der Waals surface area (Å²) in [5.41, 5.74) is 2.15. The molecule has 0 unspecified atom stereocenters. The molecule has 3 rings (SSSR count). The minimum atomic E-state index is -1.04. The number of fused-ring (bicyclic) bond motifs is 1. The molecule has 6 heteroatoms. The molecule has 0 saturated carbocycles. The van der Waals surface area contributed by atoms with Gasteiger partial charge >= 0.3 is 0 Å². The summed E-state index contributed by atoms with van der Waals surface area (Å²) in [6.07, 6.45) is 0. The number of amides is 1. The highest BCUT2D eigenvalue weighted by Crippen LogP contribution is 2.30. The molecule has 25 heavy (non-hydrogen) atoms. The number of nitrogens with one attached hydrogen (secondary N) is 1. The molecular weight excluding hydrogens is 356 g/mol. The molecular formula is C19H19ClN2O2S. The topological polar surface area (TPSA) is 51.2 Å². The molecule has 1 aromatic heterocycles. The molecule has 3 aromatic rings. The Hall–Kier alpha value is -2.11. The zero-order chi connectivity index (χ0) is 18.2. The van der Waals surface area contributed by atoms with Gasteiger partial charge in [-0.1, -0.05) is 29.0 Å². The number of carbonyl (C=O) groups excluding carboxylic acids is 1. The Labute approximate surface area is 155 Å². The van der Waals surface area contributed by atoms with Crippen molar-refractivity contribution >= 4 is 44.2 Å². The molecule has 0 aliphatic carbocycles. The van der Waals surface area contributed by atoms with Crippen LogP contribution in [0.2, 0.25) is 5.02 Å². The maximum Gasteiger partial charge on any atom is 0.269 e. The number of benzene rings is 2. The van der Waals surface area contributed by atoms with Crippen molar-refractivity contribution in [3.8, 4) is 5.75 Å². The van der Waals surface area contributed by atoms with Crippen molar-refractivity contribution in [3.63, 3.8) is 0 Å². The van der Waals surface area contributed by atoms with E-state index in [1.54, 1.807) is 38.1 Å². The van der Waals surface area contributed by atoms with Crippen LogP contribution >= 0.6 is 22.9 Å². The van der Waals surface area contributed by atoms with Crippen LogP contribution in [0.1, 0.15) is 25.0 Å². The summed E-state index contributed by atoms with van der Waals surface area (Å²) in [6, 6.07) is 11.1. The van der Waals surface area contributed by atoms with E-state index >= 15 is 0 Å². The SMILES string of the molecule is Cc1cc(C)c2nc(NC(=O)C(C)(C)Oc3ccc(Cl)cc3)sc2c1. The molecule has 0 radical (unpaired) electrons. The number of ether oxygens (including phenoxy) is 1. The van der Waals surface area contributed by atoms with Gasteiger partial charge in [0.25, 0.3) is 5.91 Å². The highest BCUT2D eigenvalue weighted by Gasteiger charge is 2.30. The highest BCUT2D eigenvalue weighted by atomic mass is 35.5. The molecule has 2 aromatic carbocycles. The summed E-state index contributed by atoms with van der Waals surface area (Å²) in [5, 5.41) is 4.06. The Morgan fingerprint density at radius 1 is 1.20 bits per heavy atom. The average molecular weight is 375 g/mol. The molecule has 130 valence electrons. The van der Waals surface area contributed by atoms with E-state index in [1.807, 2.05) is 13.8 Å². The number of anilines is 1. The minimum Gasteiger partial charge on any atom is -0.478 e. The van der Waals surface area contributed by atoms with Crippen LogP contribution in [-0.4, -0.2) is 16.5 Å². The number of hydrogen-bond donors (Lipinski definition) is 1. The van der Waals surface area contributed by atoms with Crippen molar-refractivity contribution in [2.45, 2.75) is 33.3 Å². The number of thiazole rings is 1. The third-order valence-corrected chi connectivity index (χ3v) is 4.95. The summed E-state index contributed by atoms with van der Waals surface area (Å²) in [7, 11) is 0. The third-order valence-electron chi connectivity index (χ3n) is 3.78. The lowest BCUT2D eigenvalue weighted by atomic mass is 10.1. The first-order valence-electron chi connectivity index (χ1n) is 7.88. The van der Waals surface area contributed by atoms with E-state index in [0.29, 0.717) is 15.9 Å². The van der Waals surface area contributed by atoms with E-state index in [0.717, 1.165) is 15.8 Å². The van der Waals surface area contributed by atoms with E-state index < -0.39 is 5.60 Å². The molecule has 1 N–H and O–H groups in total. The summed E-state index contributed by atoms with van der Waals surface area (Å²) in [6.45, 7) is 7.51. The number of nitrogens with zero attached hydrogens (tertiary/aromatic N) is 1. The monoisotopic (exact) mass is 374 g/mol. The van der Waals surface area contributed by atoms with Gasteiger partial charge in [0.05, 0.1) is 10.2 Å². The summed E-state index contributed by atoms with van der Waals surface area (Å²) < 4.78 is 6.87. The van der Waals surface area contributed by atoms with Crippen LogP contribution in [0.25, 0.3) is 10.2 Å². The first-order chi connectivity index (χ1) is 11.7. The van der Waals surface area contributed by atoms with Crippen LogP contribution < -0.4 is 10.1 Å². The number of halogens is 1. The zero-order valence-electron chi connectivity index (χ0n) is 14.5. The van der Waals surface area contributed by atoms with E-state index in [4.69, 9.17) is 16.3 Å². The van der Waals surface area contributed by atoms with Crippen LogP contribution in [0.15, 0.2) is 36.4 Å². The van der Waals surface area contributed by atoms with E-state index in [-0.39, 0.29) is 5.91 Å². The lowest BCUT2D eigenvalue weighted by molar-refractivity contribution is -0.128. The fraction of sp³-hybridized carbons (Fsp3) is 0.263. The van der Waals surface area contributed by atoms with Crippen LogP contribution in [0.4, 0.5) is 5.13 Å². The van der Waals surface area contributed by atoms with Gasteiger partial charge < -0.3 is 4.74 Å². The summed E-state index contributed by atoms with van der Waals surface area (Å²) in [5.74, 6) is 0.330. The van der Waals surface area contributed by atoms with Gasteiger partial charge in [-0.2, -0.15) is 0 Å². The van der Waals surface area contributed by atoms with Crippen molar-refractivity contribution in [3.05, 3.63) is 52.5 Å². The normalized spacial score (nSPS) is 11.6. The lowest BCUT2D eigenvalue weighted by Gasteiger charge is -2.24. The second-order valence-electron chi connectivity index (χ2n) is 6.47. The molecule has 0 aliphatic heterocycles. The smallest absolute Gasteiger partial charge is 0.269 e. The Morgan fingerprint density at radius 3 is 2.56 bits per heavy atom. The van der Waals surface area contributed by atoms with E-state index in [1.165, 1.54) is 16.9 Å². The summed E-state index contributed by atoms with van der Waals surface area (Å²) >= 11 is 7.34. The fourth-order valence-electron chi connectivity index (χ4n) is 2.52. The number of aromatic nitrogens is 1. The molecule has 4 nitrogen and oxygen atoms in total. The predicted molar refractivity (Wildman–Crippen MR) is 104 cm³/mol. The molecule has 0 bridgehead atoms. The first kappa shape index (κ1) is 17.7. The van der Waals surface area contributed by atoms with Crippen molar-refractivity contribution in [2.75, 3.05) is 5.32 Å². The second-order valence-corrected chi connectivity index (χ2v) is 7.94. The number of aryl methyl sites for hydroxylation is 2. The quantitative estimate of drug-likeness (QED) is 0.668. The number of hydrogen-bond acceptors (Lipinski definition) is 4. The Morgan fingerprint density at radius 2 is 1.88 bits per heavy atom. The van der Waals surface area contributed by atoms with Gasteiger partial charge in [0.1, 0.15) is 5.75 Å². The largest absolute Gasteiger partial charge is 0.478 e. The maximum atomic E-state index is 12.6. The second kappa shape index (κ2) is 6.65. The average Bonchev–Trinajstić information content (AvgIpc) is 2.92. The fourth-order valence-corrected chi connectivity index (χ4v) is 3.68. The van der Waals surface area contributed by atoms with E-state index in [2.05, 4.69) is 22.4 Å². The summed E-state index contributed by atoms with van der Waals surface area (Å²) in [4.78, 5) is 17.2. The Balaban J connectivity index is 1.78. The molecule has 0 aliphatic rings. The van der Waals surface area contributed by atoms with Crippen LogP contribution in [-0.2, 0) is 4.79 Å². The van der Waals surface area contributed by atoms with Crippen LogP contribution in [0.3, 0.4) is 0 Å². The van der Waals surface area contributed by atoms with Gasteiger partial charge in [-0.15, -0.1) is 0 Å². The van der Waals surface area contributed by atoms with Crippen molar-refractivity contribution in [1.29, 1.82) is 0 Å². The molecule has 0 saturated heterocycles. The van der Waals surface area contributed by atoms with Gasteiger partial charge in [0, 0.05) is 5.02 Å². The molecule has 1 amide bonds. The minimum absolute atomic E-state index is 0.254. The third kappa shape index (κ3) is 3.94. The predicted octanol–water partition coefficient (Wildman–Crippen LogP) is 5.36. The van der Waals surface area contributed by atoms with Crippen molar-refractivity contribution in [1.82, 2.24) is 4.98 Å². The standard InChI is InChI=1S/C19H19ClN2O2S/c1-11-9-12(2)16-15(10-11)25-18(21-16)22-17(23)19(3,4)24-14-7-5-13(20)6-8-14/h5-10H,1-4H3,(H,21,22,23). The number of rotatable bonds is 4.